The fourth-order valence-electron chi connectivity index (χ4n) is 1.56. The molecule has 0 saturated heterocycles. The topological polar surface area (TPSA) is 83.4 Å². The quantitative estimate of drug-likeness (QED) is 0.821. The largest absolute Gasteiger partial charge is 0.385 e. The summed E-state index contributed by atoms with van der Waals surface area (Å²) in [5.74, 6) is -0.275. The van der Waals surface area contributed by atoms with Gasteiger partial charge in [0.1, 0.15) is 0 Å². The molecular weight excluding hydrogens is 264 g/mol. The minimum Gasteiger partial charge on any atom is -0.385 e. The first-order valence-corrected chi connectivity index (χ1v) is 6.49. The number of nitroso groups, excluding NO2 is 1. The predicted molar refractivity (Wildman–Crippen MR) is 76.1 cm³/mol. The Morgan fingerprint density at radius 1 is 1.42 bits per heavy atom. The van der Waals surface area contributed by atoms with Crippen LogP contribution in [0.4, 0.5) is 15.8 Å². The Kier molecular flexibility index (Phi) is 4.19. The highest BCUT2D eigenvalue weighted by molar-refractivity contribution is 7.19. The van der Waals surface area contributed by atoms with Crippen molar-refractivity contribution in [1.82, 2.24) is 4.98 Å². The minimum absolute atomic E-state index is 0.232. The zero-order valence-electron chi connectivity index (χ0n) is 10.2. The van der Waals surface area contributed by atoms with Crippen LogP contribution >= 0.6 is 11.3 Å². The molecule has 0 bridgehead atoms. The molecule has 2 N–H and O–H groups in total. The monoisotopic (exact) mass is 276 g/mol. The molecule has 19 heavy (non-hydrogen) atoms. The second kappa shape index (κ2) is 6.05. The maximum absolute atomic E-state index is 12.1. The Hall–Kier alpha value is -2.28. The smallest absolute Gasteiger partial charge is 0.259 e. The van der Waals surface area contributed by atoms with Crippen LogP contribution in [0.5, 0.6) is 0 Å². The maximum atomic E-state index is 12.1. The molecule has 7 heteroatoms. The summed E-state index contributed by atoms with van der Waals surface area (Å²) in [4.78, 5) is 26.3. The number of anilines is 2. The summed E-state index contributed by atoms with van der Waals surface area (Å²) in [6.45, 7) is 2.68. The van der Waals surface area contributed by atoms with E-state index in [2.05, 4.69) is 20.8 Å². The molecule has 0 aliphatic carbocycles. The second-order valence-electron chi connectivity index (χ2n) is 3.62. The first-order chi connectivity index (χ1) is 9.24. The Morgan fingerprint density at radius 2 is 2.21 bits per heavy atom. The highest BCUT2D eigenvalue weighted by Gasteiger charge is 2.12. The second-order valence-corrected chi connectivity index (χ2v) is 4.63. The van der Waals surface area contributed by atoms with Crippen LogP contribution in [0.15, 0.2) is 35.6 Å². The summed E-state index contributed by atoms with van der Waals surface area (Å²) in [5, 5.41) is 9.10. The lowest BCUT2D eigenvalue weighted by Crippen LogP contribution is -2.14. The standard InChI is InChI=1S/C12H12N4O2S/c1-2-13-9-6-4-3-5-8(9)11(17)15-12-14-7-10(16-18)19-12/h3-7,13H,2H2,1H3,(H,14,15,17). The number of para-hydroxylation sites is 1. The van der Waals surface area contributed by atoms with E-state index >= 15 is 0 Å². The summed E-state index contributed by atoms with van der Waals surface area (Å²) < 4.78 is 0. The highest BCUT2D eigenvalue weighted by atomic mass is 32.1. The number of aromatic nitrogens is 1. The molecule has 6 nitrogen and oxygen atoms in total. The van der Waals surface area contributed by atoms with Crippen LogP contribution in [0.25, 0.3) is 0 Å². The average molecular weight is 276 g/mol. The van der Waals surface area contributed by atoms with Crippen molar-refractivity contribution in [2.24, 2.45) is 5.18 Å². The van der Waals surface area contributed by atoms with Crippen LogP contribution < -0.4 is 10.6 Å². The van der Waals surface area contributed by atoms with Crippen LogP contribution in [0.2, 0.25) is 0 Å². The lowest BCUT2D eigenvalue weighted by atomic mass is 10.1. The molecule has 0 saturated carbocycles. The molecule has 0 aliphatic heterocycles. The van der Waals surface area contributed by atoms with E-state index in [1.54, 1.807) is 12.1 Å². The summed E-state index contributed by atoms with van der Waals surface area (Å²) in [6, 6.07) is 7.20. The van der Waals surface area contributed by atoms with Crippen LogP contribution in [0.3, 0.4) is 0 Å². The van der Waals surface area contributed by atoms with Gasteiger partial charge < -0.3 is 5.32 Å². The van der Waals surface area contributed by atoms with Crippen molar-refractivity contribution in [3.05, 3.63) is 40.9 Å². The van der Waals surface area contributed by atoms with Gasteiger partial charge in [0.25, 0.3) is 5.91 Å². The molecule has 0 spiro atoms. The van der Waals surface area contributed by atoms with Gasteiger partial charge in [0.2, 0.25) is 0 Å². The molecule has 0 atom stereocenters. The summed E-state index contributed by atoms with van der Waals surface area (Å²) in [5.41, 5.74) is 1.29. The zero-order chi connectivity index (χ0) is 13.7. The normalized spacial score (nSPS) is 9.95. The number of nitrogens with one attached hydrogen (secondary N) is 2. The number of carbonyl (C=O) groups is 1. The van der Waals surface area contributed by atoms with E-state index < -0.39 is 0 Å². The molecular formula is C12H12N4O2S. The summed E-state index contributed by atoms with van der Waals surface area (Å²) in [7, 11) is 0. The van der Waals surface area contributed by atoms with E-state index in [0.717, 1.165) is 23.6 Å². The fourth-order valence-corrected chi connectivity index (χ4v) is 2.15. The van der Waals surface area contributed by atoms with Gasteiger partial charge in [0.05, 0.1) is 11.8 Å². The lowest BCUT2D eigenvalue weighted by molar-refractivity contribution is 0.102. The molecule has 1 heterocycles. The van der Waals surface area contributed by atoms with Crippen LogP contribution in [-0.2, 0) is 0 Å². The summed E-state index contributed by atoms with van der Waals surface area (Å²) in [6.07, 6.45) is 1.32. The van der Waals surface area contributed by atoms with Gasteiger partial charge >= 0.3 is 0 Å². The van der Waals surface area contributed by atoms with Crippen molar-refractivity contribution < 1.29 is 4.79 Å². The van der Waals surface area contributed by atoms with Crippen molar-refractivity contribution >= 4 is 33.1 Å². The van der Waals surface area contributed by atoms with Crippen molar-refractivity contribution in [2.45, 2.75) is 6.92 Å². The number of hydrogen-bond acceptors (Lipinski definition) is 6. The zero-order valence-corrected chi connectivity index (χ0v) is 11.0. The van der Waals surface area contributed by atoms with Crippen LogP contribution in [-0.4, -0.2) is 17.4 Å². The van der Waals surface area contributed by atoms with Gasteiger partial charge in [-0.05, 0) is 24.2 Å². The van der Waals surface area contributed by atoms with Gasteiger partial charge in [-0.25, -0.2) is 4.98 Å². The van der Waals surface area contributed by atoms with Crippen LogP contribution in [0.1, 0.15) is 17.3 Å². The number of hydrogen-bond donors (Lipinski definition) is 2. The number of carbonyl (C=O) groups excluding carboxylic acids is 1. The first-order valence-electron chi connectivity index (χ1n) is 5.68. The Morgan fingerprint density at radius 3 is 2.89 bits per heavy atom. The van der Waals surface area contributed by atoms with E-state index in [0.29, 0.717) is 10.7 Å². The predicted octanol–water partition coefficient (Wildman–Crippen LogP) is 3.23. The van der Waals surface area contributed by atoms with Crippen molar-refractivity contribution in [2.75, 3.05) is 17.2 Å². The van der Waals surface area contributed by atoms with E-state index in [1.165, 1.54) is 6.20 Å². The number of rotatable bonds is 5. The molecule has 0 unspecified atom stereocenters. The van der Waals surface area contributed by atoms with E-state index in [-0.39, 0.29) is 10.9 Å². The molecule has 0 aliphatic rings. The SMILES string of the molecule is CCNc1ccccc1C(=O)Nc1ncc(N=O)s1. The molecule has 0 radical (unpaired) electrons. The molecule has 98 valence electrons. The number of nitrogens with zero attached hydrogens (tertiary/aromatic N) is 2. The third-order valence-corrected chi connectivity index (χ3v) is 3.13. The lowest BCUT2D eigenvalue weighted by Gasteiger charge is -2.09. The Bertz CT molecular complexity index is 597. The molecule has 1 aromatic heterocycles. The third-order valence-electron chi connectivity index (χ3n) is 2.34. The number of benzene rings is 1. The molecule has 2 aromatic rings. The fraction of sp³-hybridized carbons (Fsp3) is 0.167. The maximum Gasteiger partial charge on any atom is 0.259 e. The summed E-state index contributed by atoms with van der Waals surface area (Å²) >= 11 is 1.03. The highest BCUT2D eigenvalue weighted by Crippen LogP contribution is 2.26. The van der Waals surface area contributed by atoms with Gasteiger partial charge in [-0.3, -0.25) is 10.1 Å². The van der Waals surface area contributed by atoms with E-state index in [1.807, 2.05) is 19.1 Å². The van der Waals surface area contributed by atoms with E-state index in [4.69, 9.17) is 0 Å². The number of amides is 1. The first kappa shape index (κ1) is 13.2. The molecule has 0 fully saturated rings. The van der Waals surface area contributed by atoms with Gasteiger partial charge in [-0.1, -0.05) is 23.5 Å². The average Bonchev–Trinajstić information content (AvgIpc) is 2.87. The Labute approximate surface area is 113 Å². The third kappa shape index (κ3) is 3.14. The molecule has 2 rings (SSSR count). The van der Waals surface area contributed by atoms with E-state index in [9.17, 15) is 9.70 Å². The van der Waals surface area contributed by atoms with Crippen molar-refractivity contribution in [3.8, 4) is 0 Å². The minimum atomic E-state index is -0.275. The Balaban J connectivity index is 2.17. The van der Waals surface area contributed by atoms with Gasteiger partial charge in [-0.15, -0.1) is 4.91 Å². The van der Waals surface area contributed by atoms with Crippen LogP contribution in [0, 0.1) is 4.91 Å². The van der Waals surface area contributed by atoms with Crippen molar-refractivity contribution in [1.29, 1.82) is 0 Å². The van der Waals surface area contributed by atoms with Crippen molar-refractivity contribution in [3.63, 3.8) is 0 Å². The number of thiazole rings is 1. The van der Waals surface area contributed by atoms with Gasteiger partial charge in [0, 0.05) is 12.2 Å². The molecule has 1 amide bonds. The van der Waals surface area contributed by atoms with Gasteiger partial charge in [-0.2, -0.15) is 0 Å². The van der Waals surface area contributed by atoms with Gasteiger partial charge in [0.15, 0.2) is 10.1 Å². The molecule has 1 aromatic carbocycles.